The zero-order chi connectivity index (χ0) is 20.9. The van der Waals surface area contributed by atoms with Crippen molar-refractivity contribution < 1.29 is 9.59 Å². The number of amides is 2. The number of hydrogen-bond acceptors (Lipinski definition) is 2. The van der Waals surface area contributed by atoms with Crippen LogP contribution >= 0.6 is 0 Å². The predicted molar refractivity (Wildman–Crippen MR) is 119 cm³/mol. The van der Waals surface area contributed by atoms with Gasteiger partial charge in [-0.1, -0.05) is 57.2 Å². The minimum atomic E-state index is -0.187. The Morgan fingerprint density at radius 1 is 0.897 bits per heavy atom. The Morgan fingerprint density at radius 3 is 2.07 bits per heavy atom. The number of nitrogens with one attached hydrogen (secondary N) is 2. The Morgan fingerprint density at radius 2 is 1.52 bits per heavy atom. The van der Waals surface area contributed by atoms with E-state index < -0.39 is 0 Å². The molecule has 2 N–H and O–H groups in total. The second kappa shape index (κ2) is 8.74. The van der Waals surface area contributed by atoms with Gasteiger partial charge in [0.05, 0.1) is 0 Å². The summed E-state index contributed by atoms with van der Waals surface area (Å²) in [4.78, 5) is 24.4. The van der Waals surface area contributed by atoms with Crippen molar-refractivity contribution >= 4 is 23.2 Å². The van der Waals surface area contributed by atoms with Gasteiger partial charge in [-0.25, -0.2) is 0 Å². The summed E-state index contributed by atoms with van der Waals surface area (Å²) in [5.74, 6) is -0.350. The lowest BCUT2D eigenvalue weighted by molar-refractivity contribution is -0.111. The van der Waals surface area contributed by atoms with Crippen LogP contribution in [-0.2, 0) is 10.2 Å². The summed E-state index contributed by atoms with van der Waals surface area (Å²) in [5, 5.41) is 5.69. The zero-order valence-electron chi connectivity index (χ0n) is 17.0. The van der Waals surface area contributed by atoms with Crippen molar-refractivity contribution in [2.45, 2.75) is 32.6 Å². The number of rotatable bonds is 5. The fourth-order valence-corrected chi connectivity index (χ4v) is 2.92. The van der Waals surface area contributed by atoms with Crippen LogP contribution in [0.1, 0.15) is 43.1 Å². The largest absolute Gasteiger partial charge is 0.323 e. The fourth-order valence-electron chi connectivity index (χ4n) is 2.92. The SMILES string of the molecule is CC(C)(C)c1ccc(C(=O)Nc2ccc(NC(=O)/C=C/C3=CC=CC3)cc2)cc1. The summed E-state index contributed by atoms with van der Waals surface area (Å²) in [5.41, 5.74) is 4.29. The Balaban J connectivity index is 1.55. The molecule has 0 saturated heterocycles. The van der Waals surface area contributed by atoms with E-state index in [1.165, 1.54) is 11.6 Å². The molecule has 3 rings (SSSR count). The first-order chi connectivity index (χ1) is 13.8. The molecule has 0 radical (unpaired) electrons. The summed E-state index contributed by atoms with van der Waals surface area (Å²) in [6.45, 7) is 6.42. The van der Waals surface area contributed by atoms with Crippen LogP contribution < -0.4 is 10.6 Å². The quantitative estimate of drug-likeness (QED) is 0.656. The van der Waals surface area contributed by atoms with E-state index in [1.54, 1.807) is 24.3 Å². The lowest BCUT2D eigenvalue weighted by Gasteiger charge is -2.19. The van der Waals surface area contributed by atoms with E-state index in [4.69, 9.17) is 0 Å². The van der Waals surface area contributed by atoms with Crippen LogP contribution in [-0.4, -0.2) is 11.8 Å². The van der Waals surface area contributed by atoms with Gasteiger partial charge in [0.15, 0.2) is 0 Å². The summed E-state index contributed by atoms with van der Waals surface area (Å²) in [6, 6.07) is 14.7. The average Bonchev–Trinajstić information content (AvgIpc) is 3.21. The molecule has 29 heavy (non-hydrogen) atoms. The molecule has 0 aromatic heterocycles. The second-order valence-corrected chi connectivity index (χ2v) is 8.06. The van der Waals surface area contributed by atoms with Crippen molar-refractivity contribution in [3.63, 3.8) is 0 Å². The summed E-state index contributed by atoms with van der Waals surface area (Å²) in [7, 11) is 0. The highest BCUT2D eigenvalue weighted by Gasteiger charge is 2.14. The molecular weight excluding hydrogens is 360 g/mol. The topological polar surface area (TPSA) is 58.2 Å². The summed E-state index contributed by atoms with van der Waals surface area (Å²) < 4.78 is 0. The number of carbonyl (C=O) groups is 2. The molecule has 1 aliphatic rings. The molecule has 4 heteroatoms. The molecule has 0 unspecified atom stereocenters. The third-order valence-corrected chi connectivity index (χ3v) is 4.67. The Kier molecular flexibility index (Phi) is 6.13. The van der Waals surface area contributed by atoms with Crippen molar-refractivity contribution in [2.24, 2.45) is 0 Å². The van der Waals surface area contributed by atoms with Gasteiger partial charge in [-0.3, -0.25) is 9.59 Å². The molecule has 0 spiro atoms. The summed E-state index contributed by atoms with van der Waals surface area (Å²) >= 11 is 0. The highest BCUT2D eigenvalue weighted by molar-refractivity contribution is 6.04. The molecular formula is C25H26N2O2. The lowest BCUT2D eigenvalue weighted by atomic mass is 9.87. The van der Waals surface area contributed by atoms with Gasteiger partial charge >= 0.3 is 0 Å². The molecule has 0 aliphatic heterocycles. The van der Waals surface area contributed by atoms with E-state index in [0.717, 1.165) is 12.0 Å². The third kappa shape index (κ3) is 5.79. The Hall–Kier alpha value is -3.40. The van der Waals surface area contributed by atoms with Gasteiger partial charge in [-0.05, 0) is 59.4 Å². The van der Waals surface area contributed by atoms with Crippen molar-refractivity contribution in [3.05, 3.63) is 95.6 Å². The Bertz CT molecular complexity index is 973. The van der Waals surface area contributed by atoms with Crippen molar-refractivity contribution in [1.29, 1.82) is 0 Å². The molecule has 0 bridgehead atoms. The van der Waals surface area contributed by atoms with Crippen LogP contribution in [0.5, 0.6) is 0 Å². The molecule has 0 heterocycles. The van der Waals surface area contributed by atoms with E-state index >= 15 is 0 Å². The van der Waals surface area contributed by atoms with E-state index in [2.05, 4.69) is 31.4 Å². The minimum absolute atomic E-state index is 0.0510. The summed E-state index contributed by atoms with van der Waals surface area (Å²) in [6.07, 6.45) is 10.2. The number of hydrogen-bond donors (Lipinski definition) is 2. The second-order valence-electron chi connectivity index (χ2n) is 8.06. The molecule has 4 nitrogen and oxygen atoms in total. The maximum Gasteiger partial charge on any atom is 0.255 e. The Labute approximate surface area is 172 Å². The fraction of sp³-hybridized carbons (Fsp3) is 0.200. The monoisotopic (exact) mass is 386 g/mol. The molecule has 1 aliphatic carbocycles. The molecule has 2 aromatic carbocycles. The molecule has 0 saturated carbocycles. The standard InChI is InChI=1S/C25H26N2O2/c1-25(2,3)20-11-9-19(10-12-20)24(29)27-22-15-13-21(14-16-22)26-23(28)17-8-18-6-4-5-7-18/h4-6,8-17H,7H2,1-3H3,(H,26,28)(H,27,29)/b17-8+. The number of carbonyl (C=O) groups excluding carboxylic acids is 2. The van der Waals surface area contributed by atoms with Crippen LogP contribution in [0.25, 0.3) is 0 Å². The van der Waals surface area contributed by atoms with Crippen LogP contribution in [0.3, 0.4) is 0 Å². The van der Waals surface area contributed by atoms with E-state index in [9.17, 15) is 9.59 Å². The first kappa shape index (κ1) is 20.3. The van der Waals surface area contributed by atoms with E-state index in [1.807, 2.05) is 48.6 Å². The van der Waals surface area contributed by atoms with Gasteiger partial charge in [-0.2, -0.15) is 0 Å². The maximum absolute atomic E-state index is 12.4. The van der Waals surface area contributed by atoms with Gasteiger partial charge < -0.3 is 10.6 Å². The van der Waals surface area contributed by atoms with Crippen LogP contribution in [0.2, 0.25) is 0 Å². The van der Waals surface area contributed by atoms with Gasteiger partial charge in [-0.15, -0.1) is 0 Å². The van der Waals surface area contributed by atoms with Gasteiger partial charge in [0, 0.05) is 23.0 Å². The first-order valence-corrected chi connectivity index (χ1v) is 9.68. The van der Waals surface area contributed by atoms with Gasteiger partial charge in [0.1, 0.15) is 0 Å². The maximum atomic E-state index is 12.4. The molecule has 148 valence electrons. The highest BCUT2D eigenvalue weighted by atomic mass is 16.2. The number of allylic oxidation sites excluding steroid dienone is 5. The average molecular weight is 386 g/mol. The smallest absolute Gasteiger partial charge is 0.255 e. The third-order valence-electron chi connectivity index (χ3n) is 4.67. The predicted octanol–water partition coefficient (Wildman–Crippen LogP) is 5.62. The van der Waals surface area contributed by atoms with Crippen molar-refractivity contribution in [1.82, 2.24) is 0 Å². The normalized spacial score (nSPS) is 13.4. The van der Waals surface area contributed by atoms with Crippen LogP contribution in [0, 0.1) is 0 Å². The van der Waals surface area contributed by atoms with Crippen LogP contribution in [0.15, 0.2) is 84.5 Å². The van der Waals surface area contributed by atoms with Gasteiger partial charge in [0.2, 0.25) is 5.91 Å². The zero-order valence-corrected chi connectivity index (χ0v) is 17.0. The van der Waals surface area contributed by atoms with E-state index in [-0.39, 0.29) is 17.2 Å². The number of anilines is 2. The molecule has 0 atom stereocenters. The lowest BCUT2D eigenvalue weighted by Crippen LogP contribution is -2.14. The molecule has 0 fully saturated rings. The first-order valence-electron chi connectivity index (χ1n) is 9.68. The highest BCUT2D eigenvalue weighted by Crippen LogP contribution is 2.22. The molecule has 2 aromatic rings. The van der Waals surface area contributed by atoms with Crippen molar-refractivity contribution in [2.75, 3.05) is 10.6 Å². The number of benzene rings is 2. The van der Waals surface area contributed by atoms with E-state index in [0.29, 0.717) is 16.9 Å². The molecule has 2 amide bonds. The minimum Gasteiger partial charge on any atom is -0.323 e. The van der Waals surface area contributed by atoms with Crippen molar-refractivity contribution in [3.8, 4) is 0 Å². The van der Waals surface area contributed by atoms with Gasteiger partial charge in [0.25, 0.3) is 5.91 Å². The van der Waals surface area contributed by atoms with Crippen LogP contribution in [0.4, 0.5) is 11.4 Å².